The van der Waals surface area contributed by atoms with Crippen molar-refractivity contribution in [3.63, 3.8) is 0 Å². The van der Waals surface area contributed by atoms with Crippen LogP contribution in [0.2, 0.25) is 5.02 Å². The van der Waals surface area contributed by atoms with Crippen molar-refractivity contribution in [2.45, 2.75) is 24.3 Å². The van der Waals surface area contributed by atoms with Gasteiger partial charge in [0, 0.05) is 16.7 Å². The number of halogens is 1. The Bertz CT molecular complexity index is 574. The van der Waals surface area contributed by atoms with Crippen LogP contribution in [0.25, 0.3) is 0 Å². The summed E-state index contributed by atoms with van der Waals surface area (Å²) in [6.07, 6.45) is 0.323. The number of nitro benzene ring substituents is 1. The lowest BCUT2D eigenvalue weighted by atomic mass is 10.2. The van der Waals surface area contributed by atoms with Gasteiger partial charge < -0.3 is 5.73 Å². The molecule has 0 fully saturated rings. The molecular formula is C11H15ClN2O4S. The number of hydrogen-bond donors (Lipinski definition) is 1. The summed E-state index contributed by atoms with van der Waals surface area (Å²) in [6, 6.07) is 3.96. The predicted octanol–water partition coefficient (Wildman–Crippen LogP) is 1.90. The minimum atomic E-state index is -3.47. The van der Waals surface area contributed by atoms with E-state index in [1.165, 1.54) is 12.1 Å². The molecule has 0 saturated heterocycles. The molecule has 0 heterocycles. The molecule has 0 amide bonds. The van der Waals surface area contributed by atoms with Crippen LogP contribution in [-0.2, 0) is 15.6 Å². The molecule has 1 unspecified atom stereocenters. The first-order valence-corrected chi connectivity index (χ1v) is 7.71. The first-order valence-electron chi connectivity index (χ1n) is 5.62. The molecule has 106 valence electrons. The number of sulfone groups is 1. The van der Waals surface area contributed by atoms with Gasteiger partial charge in [0.1, 0.15) is 0 Å². The van der Waals surface area contributed by atoms with Crippen molar-refractivity contribution in [3.05, 3.63) is 38.9 Å². The minimum absolute atomic E-state index is 0.137. The number of hydrogen-bond acceptors (Lipinski definition) is 5. The Kier molecular flexibility index (Phi) is 5.28. The van der Waals surface area contributed by atoms with Crippen molar-refractivity contribution in [3.8, 4) is 0 Å². The quantitative estimate of drug-likeness (QED) is 0.638. The molecule has 0 aliphatic heterocycles. The van der Waals surface area contributed by atoms with Gasteiger partial charge in [-0.05, 0) is 32.0 Å². The van der Waals surface area contributed by atoms with Gasteiger partial charge in [0.15, 0.2) is 9.84 Å². The largest absolute Gasteiger partial charge is 0.330 e. The zero-order valence-electron chi connectivity index (χ0n) is 10.4. The fourth-order valence-electron chi connectivity index (χ4n) is 1.60. The molecule has 1 rings (SSSR count). The van der Waals surface area contributed by atoms with Crippen LogP contribution in [0, 0.1) is 10.1 Å². The molecule has 0 aromatic heterocycles. The number of nitrogens with zero attached hydrogens (tertiary/aromatic N) is 1. The molecular weight excluding hydrogens is 292 g/mol. The monoisotopic (exact) mass is 306 g/mol. The molecule has 0 aliphatic rings. The Balaban J connectivity index is 3.09. The van der Waals surface area contributed by atoms with Gasteiger partial charge in [-0.3, -0.25) is 10.1 Å². The van der Waals surface area contributed by atoms with E-state index in [9.17, 15) is 18.5 Å². The van der Waals surface area contributed by atoms with Gasteiger partial charge in [0.2, 0.25) is 0 Å². The highest BCUT2D eigenvalue weighted by atomic mass is 35.5. The second-order valence-corrected chi connectivity index (χ2v) is 7.08. The molecule has 2 N–H and O–H groups in total. The summed E-state index contributed by atoms with van der Waals surface area (Å²) < 4.78 is 24.1. The van der Waals surface area contributed by atoms with E-state index < -0.39 is 20.0 Å². The molecule has 6 nitrogen and oxygen atoms in total. The van der Waals surface area contributed by atoms with E-state index >= 15 is 0 Å². The third-order valence-corrected chi connectivity index (χ3v) is 5.20. The fraction of sp³-hybridized carbons (Fsp3) is 0.455. The van der Waals surface area contributed by atoms with Gasteiger partial charge in [-0.1, -0.05) is 11.6 Å². The summed E-state index contributed by atoms with van der Waals surface area (Å²) >= 11 is 5.67. The first-order chi connectivity index (χ1) is 8.77. The zero-order valence-corrected chi connectivity index (χ0v) is 11.9. The molecule has 1 aromatic carbocycles. The Hall–Kier alpha value is -1.18. The summed E-state index contributed by atoms with van der Waals surface area (Å²) in [6.45, 7) is 1.80. The molecule has 0 saturated carbocycles. The standard InChI is InChI=1S/C11H15ClN2O4S/c1-8(4-5-13)19(17,18)7-9-2-3-10(12)6-11(9)14(15)16/h2-3,6,8H,4-5,7,13H2,1H3. The van der Waals surface area contributed by atoms with Crippen LogP contribution in [0.3, 0.4) is 0 Å². The van der Waals surface area contributed by atoms with Crippen molar-refractivity contribution >= 4 is 27.1 Å². The maximum absolute atomic E-state index is 12.0. The molecule has 0 aliphatic carbocycles. The van der Waals surface area contributed by atoms with Crippen molar-refractivity contribution in [2.24, 2.45) is 5.73 Å². The number of nitro groups is 1. The predicted molar refractivity (Wildman–Crippen MR) is 73.9 cm³/mol. The molecule has 19 heavy (non-hydrogen) atoms. The highest BCUT2D eigenvalue weighted by Crippen LogP contribution is 2.26. The van der Waals surface area contributed by atoms with Crippen LogP contribution in [-0.4, -0.2) is 25.1 Å². The van der Waals surface area contributed by atoms with E-state index in [1.807, 2.05) is 0 Å². The van der Waals surface area contributed by atoms with Crippen molar-refractivity contribution in [1.29, 1.82) is 0 Å². The Labute approximate surface area is 116 Å². The van der Waals surface area contributed by atoms with Gasteiger partial charge in [-0.15, -0.1) is 0 Å². The lowest BCUT2D eigenvalue weighted by Crippen LogP contribution is -2.23. The second-order valence-electron chi connectivity index (χ2n) is 4.23. The number of benzene rings is 1. The van der Waals surface area contributed by atoms with Gasteiger partial charge in [-0.25, -0.2) is 8.42 Å². The molecule has 0 radical (unpaired) electrons. The van der Waals surface area contributed by atoms with E-state index in [4.69, 9.17) is 17.3 Å². The summed E-state index contributed by atoms with van der Waals surface area (Å²) in [5.74, 6) is -0.387. The number of rotatable bonds is 6. The summed E-state index contributed by atoms with van der Waals surface area (Å²) in [5, 5.41) is 10.5. The van der Waals surface area contributed by atoms with E-state index in [2.05, 4.69) is 0 Å². The van der Waals surface area contributed by atoms with Gasteiger partial charge >= 0.3 is 0 Å². The molecule has 0 spiro atoms. The van der Waals surface area contributed by atoms with E-state index in [1.54, 1.807) is 6.92 Å². The molecule has 0 bridgehead atoms. The molecule has 1 atom stereocenters. The topological polar surface area (TPSA) is 103 Å². The number of nitrogens with two attached hydrogens (primary N) is 1. The first kappa shape index (κ1) is 15.9. The lowest BCUT2D eigenvalue weighted by Gasteiger charge is -2.12. The van der Waals surface area contributed by atoms with Crippen molar-refractivity contribution in [2.75, 3.05) is 6.54 Å². The third-order valence-electron chi connectivity index (χ3n) is 2.79. The van der Waals surface area contributed by atoms with E-state index in [-0.39, 0.29) is 28.6 Å². The maximum Gasteiger partial charge on any atom is 0.275 e. The van der Waals surface area contributed by atoms with Gasteiger partial charge in [0.05, 0.1) is 15.9 Å². The summed E-state index contributed by atoms with van der Waals surface area (Å²) in [7, 11) is -3.47. The Morgan fingerprint density at radius 1 is 1.47 bits per heavy atom. The van der Waals surface area contributed by atoms with Crippen LogP contribution >= 0.6 is 11.6 Å². The van der Waals surface area contributed by atoms with Crippen LogP contribution in [0.15, 0.2) is 18.2 Å². The van der Waals surface area contributed by atoms with Crippen LogP contribution in [0.5, 0.6) is 0 Å². The maximum atomic E-state index is 12.0. The van der Waals surface area contributed by atoms with Crippen LogP contribution in [0.4, 0.5) is 5.69 Å². The summed E-state index contributed by atoms with van der Waals surface area (Å²) in [4.78, 5) is 10.3. The van der Waals surface area contributed by atoms with Gasteiger partial charge in [-0.2, -0.15) is 0 Å². The normalized spacial score (nSPS) is 13.2. The average molecular weight is 307 g/mol. The molecule has 8 heteroatoms. The van der Waals surface area contributed by atoms with E-state index in [0.717, 1.165) is 6.07 Å². The lowest BCUT2D eigenvalue weighted by molar-refractivity contribution is -0.385. The molecule has 1 aromatic rings. The second kappa shape index (κ2) is 6.31. The van der Waals surface area contributed by atoms with Crippen LogP contribution < -0.4 is 5.73 Å². The van der Waals surface area contributed by atoms with Gasteiger partial charge in [0.25, 0.3) is 5.69 Å². The summed E-state index contributed by atoms with van der Waals surface area (Å²) in [5.41, 5.74) is 5.18. The highest BCUT2D eigenvalue weighted by Gasteiger charge is 2.25. The highest BCUT2D eigenvalue weighted by molar-refractivity contribution is 7.91. The van der Waals surface area contributed by atoms with Crippen molar-refractivity contribution in [1.82, 2.24) is 0 Å². The third kappa shape index (κ3) is 4.15. The average Bonchev–Trinajstić information content (AvgIpc) is 2.31. The van der Waals surface area contributed by atoms with Crippen LogP contribution in [0.1, 0.15) is 18.9 Å². The van der Waals surface area contributed by atoms with Crippen molar-refractivity contribution < 1.29 is 13.3 Å². The smallest absolute Gasteiger partial charge is 0.275 e. The fourth-order valence-corrected chi connectivity index (χ4v) is 3.23. The Morgan fingerprint density at radius 2 is 2.11 bits per heavy atom. The SMILES string of the molecule is CC(CCN)S(=O)(=O)Cc1ccc(Cl)cc1[N+](=O)[O-]. The Morgan fingerprint density at radius 3 is 2.63 bits per heavy atom. The minimum Gasteiger partial charge on any atom is -0.330 e. The van der Waals surface area contributed by atoms with E-state index in [0.29, 0.717) is 6.42 Å². The zero-order chi connectivity index (χ0) is 14.6.